The van der Waals surface area contributed by atoms with Crippen LogP contribution in [0.3, 0.4) is 0 Å². The first-order valence-corrected chi connectivity index (χ1v) is 9.40. The maximum Gasteiger partial charge on any atom is 0.225 e. The SMILES string of the molecule is CCC1CCCCN1CCNC(=O)[C@H]1CNC[C@@H]1c1cnn(C)c1. The highest BCUT2D eigenvalue weighted by molar-refractivity contribution is 5.80. The number of amides is 1. The van der Waals surface area contributed by atoms with E-state index >= 15 is 0 Å². The van der Waals surface area contributed by atoms with E-state index < -0.39 is 0 Å². The van der Waals surface area contributed by atoms with Crippen LogP contribution in [0.15, 0.2) is 12.4 Å². The van der Waals surface area contributed by atoms with E-state index in [9.17, 15) is 4.79 Å². The van der Waals surface area contributed by atoms with Crippen LogP contribution in [0.4, 0.5) is 0 Å². The molecule has 6 heteroatoms. The van der Waals surface area contributed by atoms with Gasteiger partial charge in [-0.2, -0.15) is 5.10 Å². The lowest BCUT2D eigenvalue weighted by Gasteiger charge is -2.35. The number of piperidine rings is 1. The molecular formula is C18H31N5O. The largest absolute Gasteiger partial charge is 0.355 e. The molecule has 1 aromatic rings. The summed E-state index contributed by atoms with van der Waals surface area (Å²) < 4.78 is 1.81. The molecule has 3 rings (SSSR count). The van der Waals surface area contributed by atoms with Gasteiger partial charge in [-0.1, -0.05) is 13.3 Å². The minimum absolute atomic E-state index is 0.0116. The second kappa shape index (κ2) is 8.12. The molecule has 0 saturated carbocycles. The fourth-order valence-corrected chi connectivity index (χ4v) is 4.21. The molecule has 2 aliphatic rings. The van der Waals surface area contributed by atoms with Crippen LogP contribution >= 0.6 is 0 Å². The molecule has 24 heavy (non-hydrogen) atoms. The van der Waals surface area contributed by atoms with Gasteiger partial charge in [0.1, 0.15) is 0 Å². The summed E-state index contributed by atoms with van der Waals surface area (Å²) in [7, 11) is 1.92. The van der Waals surface area contributed by atoms with Gasteiger partial charge in [0, 0.05) is 51.4 Å². The van der Waals surface area contributed by atoms with E-state index in [1.165, 1.54) is 32.2 Å². The minimum Gasteiger partial charge on any atom is -0.355 e. The van der Waals surface area contributed by atoms with Gasteiger partial charge in [0.15, 0.2) is 0 Å². The van der Waals surface area contributed by atoms with Crippen LogP contribution < -0.4 is 10.6 Å². The second-order valence-electron chi connectivity index (χ2n) is 7.20. The molecule has 6 nitrogen and oxygen atoms in total. The molecular weight excluding hydrogens is 302 g/mol. The second-order valence-corrected chi connectivity index (χ2v) is 7.20. The zero-order chi connectivity index (χ0) is 16.9. The van der Waals surface area contributed by atoms with Crippen molar-refractivity contribution < 1.29 is 4.79 Å². The van der Waals surface area contributed by atoms with Crippen molar-refractivity contribution in [3.8, 4) is 0 Å². The van der Waals surface area contributed by atoms with Crippen molar-refractivity contribution in [1.82, 2.24) is 25.3 Å². The predicted octanol–water partition coefficient (Wildman–Crippen LogP) is 1.10. The van der Waals surface area contributed by atoms with Crippen LogP contribution in [0.1, 0.15) is 44.1 Å². The highest BCUT2D eigenvalue weighted by Crippen LogP contribution is 2.27. The Kier molecular flexibility index (Phi) is 5.89. The van der Waals surface area contributed by atoms with E-state index in [0.29, 0.717) is 6.04 Å². The quantitative estimate of drug-likeness (QED) is 0.818. The molecule has 2 N–H and O–H groups in total. The number of aromatic nitrogens is 2. The van der Waals surface area contributed by atoms with Crippen LogP contribution in [0, 0.1) is 5.92 Å². The van der Waals surface area contributed by atoms with E-state index in [4.69, 9.17) is 0 Å². The Morgan fingerprint density at radius 3 is 3.04 bits per heavy atom. The van der Waals surface area contributed by atoms with Gasteiger partial charge < -0.3 is 10.6 Å². The zero-order valence-corrected chi connectivity index (χ0v) is 15.0. The molecule has 2 aliphatic heterocycles. The van der Waals surface area contributed by atoms with E-state index in [1.807, 2.05) is 24.1 Å². The molecule has 0 aliphatic carbocycles. The van der Waals surface area contributed by atoms with Gasteiger partial charge >= 0.3 is 0 Å². The summed E-state index contributed by atoms with van der Waals surface area (Å²) in [6, 6.07) is 0.701. The third-order valence-electron chi connectivity index (χ3n) is 5.62. The van der Waals surface area contributed by atoms with Crippen molar-refractivity contribution >= 4 is 5.91 Å². The van der Waals surface area contributed by atoms with Gasteiger partial charge in [0.05, 0.1) is 12.1 Å². The normalized spacial score (nSPS) is 28.2. The smallest absolute Gasteiger partial charge is 0.225 e. The monoisotopic (exact) mass is 333 g/mol. The summed E-state index contributed by atoms with van der Waals surface area (Å²) in [5.41, 5.74) is 1.16. The molecule has 0 bridgehead atoms. The Bertz CT molecular complexity index is 543. The number of likely N-dealkylation sites (tertiary alicyclic amines) is 1. The number of nitrogens with zero attached hydrogens (tertiary/aromatic N) is 3. The van der Waals surface area contributed by atoms with Crippen molar-refractivity contribution in [3.05, 3.63) is 18.0 Å². The first kappa shape index (κ1) is 17.4. The van der Waals surface area contributed by atoms with E-state index in [-0.39, 0.29) is 17.7 Å². The topological polar surface area (TPSA) is 62.2 Å². The summed E-state index contributed by atoms with van der Waals surface area (Å²) in [5.74, 6) is 0.425. The average Bonchev–Trinajstić information content (AvgIpc) is 3.23. The molecule has 134 valence electrons. The predicted molar refractivity (Wildman–Crippen MR) is 94.8 cm³/mol. The van der Waals surface area contributed by atoms with E-state index in [2.05, 4.69) is 27.6 Å². The molecule has 0 radical (unpaired) electrons. The summed E-state index contributed by atoms with van der Waals surface area (Å²) in [4.78, 5) is 15.2. The van der Waals surface area contributed by atoms with Crippen LogP contribution in [-0.2, 0) is 11.8 Å². The Morgan fingerprint density at radius 1 is 1.42 bits per heavy atom. The number of aryl methyl sites for hydroxylation is 1. The van der Waals surface area contributed by atoms with Crippen molar-refractivity contribution in [2.24, 2.45) is 13.0 Å². The number of hydrogen-bond donors (Lipinski definition) is 2. The van der Waals surface area contributed by atoms with Gasteiger partial charge in [-0.15, -0.1) is 0 Å². The first-order chi connectivity index (χ1) is 11.7. The fourth-order valence-electron chi connectivity index (χ4n) is 4.21. The highest BCUT2D eigenvalue weighted by atomic mass is 16.1. The lowest BCUT2D eigenvalue weighted by Crippen LogP contribution is -2.44. The summed E-state index contributed by atoms with van der Waals surface area (Å²) in [5, 5.41) is 10.8. The molecule has 2 fully saturated rings. The van der Waals surface area contributed by atoms with Crippen molar-refractivity contribution in [2.45, 2.75) is 44.6 Å². The fraction of sp³-hybridized carbons (Fsp3) is 0.778. The van der Waals surface area contributed by atoms with Gasteiger partial charge in [0.25, 0.3) is 0 Å². The standard InChI is InChI=1S/C18H31N5O/c1-3-15-6-4-5-8-23(15)9-7-20-18(24)17-12-19-11-16(17)14-10-21-22(2)13-14/h10,13,15-17,19H,3-9,11-12H2,1-2H3,(H,20,24)/t15?,16-,17+/m1/s1. The molecule has 3 atom stereocenters. The Labute approximate surface area is 145 Å². The summed E-state index contributed by atoms with van der Waals surface area (Å²) >= 11 is 0. The number of carbonyl (C=O) groups is 1. The van der Waals surface area contributed by atoms with Crippen molar-refractivity contribution in [3.63, 3.8) is 0 Å². The summed E-state index contributed by atoms with van der Waals surface area (Å²) in [6.07, 6.45) is 9.07. The first-order valence-electron chi connectivity index (χ1n) is 9.40. The van der Waals surface area contributed by atoms with Gasteiger partial charge in [-0.3, -0.25) is 14.4 Å². The highest BCUT2D eigenvalue weighted by Gasteiger charge is 2.34. The van der Waals surface area contributed by atoms with Crippen LogP contribution in [-0.4, -0.2) is 59.4 Å². The third kappa shape index (κ3) is 3.98. The number of nitrogens with one attached hydrogen (secondary N) is 2. The van der Waals surface area contributed by atoms with Crippen LogP contribution in [0.25, 0.3) is 0 Å². The van der Waals surface area contributed by atoms with Crippen molar-refractivity contribution in [1.29, 1.82) is 0 Å². The van der Waals surface area contributed by atoms with E-state index in [0.717, 1.165) is 31.7 Å². The van der Waals surface area contributed by atoms with Crippen LogP contribution in [0.5, 0.6) is 0 Å². The zero-order valence-electron chi connectivity index (χ0n) is 15.0. The van der Waals surface area contributed by atoms with Gasteiger partial charge in [-0.25, -0.2) is 0 Å². The van der Waals surface area contributed by atoms with Gasteiger partial charge in [0.2, 0.25) is 5.91 Å². The lowest BCUT2D eigenvalue weighted by molar-refractivity contribution is -0.124. The van der Waals surface area contributed by atoms with Crippen LogP contribution in [0.2, 0.25) is 0 Å². The molecule has 2 saturated heterocycles. The Morgan fingerprint density at radius 2 is 2.29 bits per heavy atom. The minimum atomic E-state index is 0.0116. The molecule has 3 heterocycles. The number of rotatable bonds is 6. The number of carbonyl (C=O) groups excluding carboxylic acids is 1. The molecule has 1 unspecified atom stereocenters. The lowest BCUT2D eigenvalue weighted by atomic mass is 9.90. The number of hydrogen-bond acceptors (Lipinski definition) is 4. The molecule has 0 aromatic carbocycles. The average molecular weight is 333 g/mol. The maximum atomic E-state index is 12.6. The third-order valence-corrected chi connectivity index (χ3v) is 5.62. The summed E-state index contributed by atoms with van der Waals surface area (Å²) in [6.45, 7) is 6.79. The van der Waals surface area contributed by atoms with E-state index in [1.54, 1.807) is 0 Å². The maximum absolute atomic E-state index is 12.6. The Balaban J connectivity index is 1.49. The molecule has 1 aromatic heterocycles. The van der Waals surface area contributed by atoms with Gasteiger partial charge in [-0.05, 0) is 31.4 Å². The Hall–Kier alpha value is -1.40. The van der Waals surface area contributed by atoms with Crippen molar-refractivity contribution in [2.75, 3.05) is 32.7 Å². The molecule has 1 amide bonds. The molecule has 0 spiro atoms.